The standard InChI is InChI=1S/C7H6O3.C5H5.Fe/c8-6(7(9)10)5-3-1-2-4-5;1-2-4-5-3-1;/h1-4,8H,(H,9,10);1-5H;/q;-1;. The number of hydrogen-bond acceptors (Lipinski definition) is 2. The normalized spacial score (nSPS) is 11.4. The van der Waals surface area contributed by atoms with E-state index in [1.54, 1.807) is 12.2 Å². The van der Waals surface area contributed by atoms with Crippen molar-refractivity contribution in [2.45, 2.75) is 0 Å². The van der Waals surface area contributed by atoms with Gasteiger partial charge in [0.05, 0.1) is 0 Å². The van der Waals surface area contributed by atoms with Crippen LogP contribution >= 0.6 is 0 Å². The molecule has 16 heavy (non-hydrogen) atoms. The second-order valence-electron chi connectivity index (χ2n) is 2.79. The van der Waals surface area contributed by atoms with Crippen molar-refractivity contribution in [1.29, 1.82) is 0 Å². The quantitative estimate of drug-likeness (QED) is 0.352. The summed E-state index contributed by atoms with van der Waals surface area (Å²) in [6.07, 6.45) is 6.38. The molecule has 0 spiro atoms. The first kappa shape index (κ1) is 14.4. The minimum absolute atomic E-state index is 0. The minimum atomic E-state index is -1.30. The molecule has 1 aromatic rings. The Hall–Kier alpha value is -1.64. The van der Waals surface area contributed by atoms with Crippen molar-refractivity contribution in [3.8, 4) is 0 Å². The SMILES string of the molecule is O=C(O)C(O)=C1C=CC=C1.[Fe].c1cc[cH-]c1. The van der Waals surface area contributed by atoms with Crippen LogP contribution in [-0.2, 0) is 21.9 Å². The molecule has 0 fully saturated rings. The molecule has 0 unspecified atom stereocenters. The third-order valence-corrected chi connectivity index (χ3v) is 1.69. The van der Waals surface area contributed by atoms with Crippen molar-refractivity contribution in [3.05, 3.63) is 66.0 Å². The first-order valence-electron chi connectivity index (χ1n) is 4.40. The van der Waals surface area contributed by atoms with E-state index in [0.717, 1.165) is 0 Å². The maximum absolute atomic E-state index is 10.1. The maximum Gasteiger partial charge on any atom is 0.371 e. The molecule has 3 nitrogen and oxygen atoms in total. The molecule has 0 atom stereocenters. The van der Waals surface area contributed by atoms with Gasteiger partial charge in [-0.15, -0.1) is 0 Å². The van der Waals surface area contributed by atoms with Gasteiger partial charge in [-0.2, -0.15) is 18.2 Å². The third-order valence-electron chi connectivity index (χ3n) is 1.69. The Morgan fingerprint density at radius 2 is 1.56 bits per heavy atom. The van der Waals surface area contributed by atoms with Crippen LogP contribution in [0.25, 0.3) is 0 Å². The Morgan fingerprint density at radius 1 is 1.06 bits per heavy atom. The molecule has 0 aromatic heterocycles. The van der Waals surface area contributed by atoms with Gasteiger partial charge in [0.1, 0.15) is 0 Å². The Kier molecular flexibility index (Phi) is 6.84. The summed E-state index contributed by atoms with van der Waals surface area (Å²) in [5, 5.41) is 17.1. The van der Waals surface area contributed by atoms with Crippen LogP contribution in [0.4, 0.5) is 0 Å². The summed E-state index contributed by atoms with van der Waals surface area (Å²) in [4.78, 5) is 10.1. The molecular weight excluding hydrogens is 248 g/mol. The summed E-state index contributed by atoms with van der Waals surface area (Å²) in [5.41, 5.74) is 0.340. The van der Waals surface area contributed by atoms with Crippen molar-refractivity contribution >= 4 is 5.97 Å². The summed E-state index contributed by atoms with van der Waals surface area (Å²) in [6.45, 7) is 0. The van der Waals surface area contributed by atoms with E-state index in [4.69, 9.17) is 10.2 Å². The van der Waals surface area contributed by atoms with Gasteiger partial charge in [0, 0.05) is 22.6 Å². The molecule has 86 valence electrons. The predicted octanol–water partition coefficient (Wildman–Crippen LogP) is 2.41. The molecule has 0 radical (unpaired) electrons. The van der Waals surface area contributed by atoms with Crippen LogP contribution in [-0.4, -0.2) is 16.2 Å². The molecule has 0 aliphatic heterocycles. The van der Waals surface area contributed by atoms with Crippen LogP contribution in [0.1, 0.15) is 0 Å². The molecule has 0 heterocycles. The monoisotopic (exact) mass is 259 g/mol. The molecule has 0 saturated carbocycles. The molecule has 0 bridgehead atoms. The summed E-state index contributed by atoms with van der Waals surface area (Å²) < 4.78 is 0. The second-order valence-corrected chi connectivity index (χ2v) is 2.79. The van der Waals surface area contributed by atoms with E-state index in [9.17, 15) is 4.79 Å². The first-order chi connectivity index (χ1) is 7.22. The van der Waals surface area contributed by atoms with Gasteiger partial charge in [-0.05, 0) is 0 Å². The zero-order chi connectivity index (χ0) is 11.1. The van der Waals surface area contributed by atoms with Gasteiger partial charge in [-0.25, -0.2) is 16.9 Å². The number of aliphatic hydroxyl groups excluding tert-OH is 1. The number of aliphatic hydroxyl groups is 1. The number of carbonyl (C=O) groups is 1. The average Bonchev–Trinajstić information content (AvgIpc) is 2.92. The average molecular weight is 259 g/mol. The molecule has 2 rings (SSSR count). The van der Waals surface area contributed by atoms with Gasteiger partial charge >= 0.3 is 5.97 Å². The van der Waals surface area contributed by atoms with Crippen molar-refractivity contribution in [1.82, 2.24) is 0 Å². The van der Waals surface area contributed by atoms with Crippen molar-refractivity contribution < 1.29 is 32.1 Å². The third kappa shape index (κ3) is 4.73. The van der Waals surface area contributed by atoms with Crippen LogP contribution in [0.5, 0.6) is 0 Å². The molecule has 1 aromatic carbocycles. The molecule has 2 N–H and O–H groups in total. The Labute approximate surface area is 104 Å². The minimum Gasteiger partial charge on any atom is -0.501 e. The summed E-state index contributed by atoms with van der Waals surface area (Å²) >= 11 is 0. The van der Waals surface area contributed by atoms with Crippen molar-refractivity contribution in [3.63, 3.8) is 0 Å². The zero-order valence-electron chi connectivity index (χ0n) is 8.35. The van der Waals surface area contributed by atoms with Gasteiger partial charge in [0.2, 0.25) is 5.76 Å². The second kappa shape index (κ2) is 7.63. The van der Waals surface area contributed by atoms with E-state index >= 15 is 0 Å². The van der Waals surface area contributed by atoms with E-state index in [0.29, 0.717) is 5.57 Å². The van der Waals surface area contributed by atoms with E-state index in [-0.39, 0.29) is 17.1 Å². The van der Waals surface area contributed by atoms with Crippen LogP contribution < -0.4 is 0 Å². The first-order valence-corrected chi connectivity index (χ1v) is 4.40. The van der Waals surface area contributed by atoms with Crippen molar-refractivity contribution in [2.75, 3.05) is 0 Å². The van der Waals surface area contributed by atoms with E-state index in [1.807, 2.05) is 30.3 Å². The summed E-state index contributed by atoms with van der Waals surface area (Å²) in [6, 6.07) is 10.0. The maximum atomic E-state index is 10.1. The van der Waals surface area contributed by atoms with Crippen molar-refractivity contribution in [2.24, 2.45) is 0 Å². The smallest absolute Gasteiger partial charge is 0.371 e. The van der Waals surface area contributed by atoms with E-state index in [2.05, 4.69) is 0 Å². The zero-order valence-corrected chi connectivity index (χ0v) is 9.46. The van der Waals surface area contributed by atoms with E-state index in [1.165, 1.54) is 12.2 Å². The topological polar surface area (TPSA) is 57.5 Å². The number of aliphatic carboxylic acids is 1. The number of hydrogen-bond donors (Lipinski definition) is 2. The van der Waals surface area contributed by atoms with Crippen LogP contribution in [0.15, 0.2) is 66.0 Å². The molecule has 0 saturated heterocycles. The largest absolute Gasteiger partial charge is 0.501 e. The summed E-state index contributed by atoms with van der Waals surface area (Å²) in [7, 11) is 0. The molecule has 4 heteroatoms. The van der Waals surface area contributed by atoms with Gasteiger partial charge in [0.15, 0.2) is 0 Å². The Bertz CT molecular complexity index is 369. The molecule has 1 aliphatic rings. The Balaban J connectivity index is 0.000000318. The van der Waals surface area contributed by atoms with E-state index < -0.39 is 11.7 Å². The van der Waals surface area contributed by atoms with Crippen LogP contribution in [0.3, 0.4) is 0 Å². The predicted molar refractivity (Wildman–Crippen MR) is 57.6 cm³/mol. The number of carboxylic acid groups (broad SMARTS) is 1. The number of rotatable bonds is 1. The van der Waals surface area contributed by atoms with Crippen LogP contribution in [0.2, 0.25) is 0 Å². The molecular formula is C12H11FeO3-. The fourth-order valence-electron chi connectivity index (χ4n) is 0.976. The summed E-state index contributed by atoms with van der Waals surface area (Å²) in [5.74, 6) is -1.91. The van der Waals surface area contributed by atoms with Gasteiger partial charge < -0.3 is 10.2 Å². The number of carboxylic acids is 1. The van der Waals surface area contributed by atoms with Gasteiger partial charge in [-0.1, -0.05) is 24.3 Å². The fourth-order valence-corrected chi connectivity index (χ4v) is 0.976. The van der Waals surface area contributed by atoms with Crippen LogP contribution in [0, 0.1) is 0 Å². The molecule has 1 aliphatic carbocycles. The Morgan fingerprint density at radius 3 is 1.88 bits per heavy atom. The fraction of sp³-hybridized carbons (Fsp3) is 0. The van der Waals surface area contributed by atoms with Gasteiger partial charge in [-0.3, -0.25) is 0 Å². The number of allylic oxidation sites excluding steroid dienone is 5. The van der Waals surface area contributed by atoms with Gasteiger partial charge in [0.25, 0.3) is 0 Å². The molecule has 0 amide bonds.